The summed E-state index contributed by atoms with van der Waals surface area (Å²) < 4.78 is 46.9. The number of amides is 1. The second-order valence-corrected chi connectivity index (χ2v) is 12.4. The van der Waals surface area contributed by atoms with Crippen LogP contribution in [0.2, 0.25) is 0 Å². The fourth-order valence-electron chi connectivity index (χ4n) is 6.26. The van der Waals surface area contributed by atoms with Gasteiger partial charge in [-0.1, -0.05) is 38.6 Å². The van der Waals surface area contributed by atoms with Crippen LogP contribution in [0.1, 0.15) is 50.4 Å². The first-order valence-electron chi connectivity index (χ1n) is 15.2. The molecule has 3 aromatic heterocycles. The summed E-state index contributed by atoms with van der Waals surface area (Å²) in [5.41, 5.74) is 1.34. The Morgan fingerprint density at radius 3 is 2.37 bits per heavy atom. The van der Waals surface area contributed by atoms with Gasteiger partial charge in [0.05, 0.1) is 16.8 Å². The molecule has 1 amide bonds. The third kappa shape index (κ3) is 5.86. The zero-order valence-corrected chi connectivity index (χ0v) is 27.0. The normalized spacial score (nSPS) is 16.6. The minimum Gasteiger partial charge on any atom is -0.347 e. The van der Waals surface area contributed by atoms with Gasteiger partial charge in [-0.2, -0.15) is 4.98 Å². The maximum absolute atomic E-state index is 16.3. The topological polar surface area (TPSA) is 84.2 Å². The molecule has 0 aliphatic carbocycles. The number of aryl methyl sites for hydroxylation is 1. The van der Waals surface area contributed by atoms with Gasteiger partial charge in [0.25, 0.3) is 5.91 Å². The van der Waals surface area contributed by atoms with Crippen molar-refractivity contribution in [2.24, 2.45) is 0 Å². The Hall–Kier alpha value is -4.67. The van der Waals surface area contributed by atoms with Crippen molar-refractivity contribution in [2.75, 3.05) is 18.0 Å². The molecule has 0 saturated carbocycles. The lowest BCUT2D eigenvalue weighted by molar-refractivity contribution is -0.129. The molecule has 0 spiro atoms. The smallest absolute Gasteiger partial charge is 0.347 e. The molecule has 236 valence electrons. The SMILES string of the molecule is BC(B)=Cc1cccc(F)c1-c1nc2c(cc1F)c(N1[C@@H](C)CN(C(=O)C(=C)F)C[C@@H]1C)nc(=O)n2-c1c(C)ccnc1C(C)C. The predicted molar refractivity (Wildman–Crippen MR) is 180 cm³/mol. The first kappa shape index (κ1) is 32.7. The number of hydrogen-bond acceptors (Lipinski definition) is 6. The monoisotopic (exact) mass is 626 g/mol. The fraction of sp³-hybridized carbons (Fsp3) is 0.303. The van der Waals surface area contributed by atoms with Crippen molar-refractivity contribution in [3.63, 3.8) is 0 Å². The van der Waals surface area contributed by atoms with Crippen molar-refractivity contribution in [2.45, 2.75) is 52.6 Å². The summed E-state index contributed by atoms with van der Waals surface area (Å²) in [5.74, 6) is -3.28. The molecule has 1 aromatic carbocycles. The lowest BCUT2D eigenvalue weighted by Crippen LogP contribution is -2.59. The average Bonchev–Trinajstić information content (AvgIpc) is 2.96. The largest absolute Gasteiger partial charge is 0.355 e. The van der Waals surface area contributed by atoms with E-state index in [4.69, 9.17) is 4.98 Å². The molecule has 1 fully saturated rings. The molecule has 1 saturated heterocycles. The zero-order valence-electron chi connectivity index (χ0n) is 27.0. The van der Waals surface area contributed by atoms with Gasteiger partial charge in [-0.05, 0) is 56.0 Å². The van der Waals surface area contributed by atoms with E-state index in [1.165, 1.54) is 21.6 Å². The van der Waals surface area contributed by atoms with Gasteiger partial charge in [-0.3, -0.25) is 9.78 Å². The van der Waals surface area contributed by atoms with Gasteiger partial charge in [-0.25, -0.2) is 27.5 Å². The number of carbonyl (C=O) groups is 1. The van der Waals surface area contributed by atoms with E-state index in [0.29, 0.717) is 16.9 Å². The molecule has 4 heterocycles. The molecule has 0 N–H and O–H groups in total. The van der Waals surface area contributed by atoms with E-state index in [2.05, 4.69) is 16.5 Å². The van der Waals surface area contributed by atoms with Crippen molar-refractivity contribution in [3.8, 4) is 16.9 Å². The Balaban J connectivity index is 1.86. The number of anilines is 1. The predicted octanol–water partition coefficient (Wildman–Crippen LogP) is 4.03. The van der Waals surface area contributed by atoms with Gasteiger partial charge in [-0.15, -0.1) is 5.37 Å². The molecule has 0 radical (unpaired) electrons. The summed E-state index contributed by atoms with van der Waals surface area (Å²) >= 11 is 0. The second kappa shape index (κ2) is 12.6. The van der Waals surface area contributed by atoms with E-state index in [9.17, 15) is 14.0 Å². The standard InChI is InChI=1S/C33H35B2F3N6O2/c1-16(2)27-29(17(3)10-11-39-27)44-30-22(13-24(38)28(40-30)26-21(12-25(34)35)8-7-9-23(26)37)31(41-33(44)46)43-18(4)14-42(15-19(43)5)32(45)20(6)36/h7-13,16,18-19H,6,14-15,34-35H2,1-5H3/t18-,19-/m0/s1. The number of nitrogens with zero attached hydrogens (tertiary/aromatic N) is 6. The van der Waals surface area contributed by atoms with Crippen LogP contribution in [0, 0.1) is 18.6 Å². The highest BCUT2D eigenvalue weighted by Gasteiger charge is 2.36. The Bertz CT molecular complexity index is 1960. The lowest BCUT2D eigenvalue weighted by atomic mass is 9.77. The van der Waals surface area contributed by atoms with Crippen LogP contribution >= 0.6 is 0 Å². The number of aromatic nitrogens is 4. The number of fused-ring (bicyclic) bond motifs is 1. The number of piperazine rings is 1. The minimum atomic E-state index is -1.06. The molecule has 0 unspecified atom stereocenters. The van der Waals surface area contributed by atoms with Crippen LogP contribution in [0.3, 0.4) is 0 Å². The van der Waals surface area contributed by atoms with Gasteiger partial charge in [0, 0.05) is 36.9 Å². The number of rotatable bonds is 6. The fourth-order valence-corrected chi connectivity index (χ4v) is 6.26. The number of benzene rings is 1. The van der Waals surface area contributed by atoms with Crippen molar-refractivity contribution in [1.29, 1.82) is 0 Å². The van der Waals surface area contributed by atoms with Crippen LogP contribution in [0.4, 0.5) is 19.0 Å². The first-order valence-corrected chi connectivity index (χ1v) is 15.2. The van der Waals surface area contributed by atoms with Crippen LogP contribution < -0.4 is 10.6 Å². The third-order valence-corrected chi connectivity index (χ3v) is 8.14. The van der Waals surface area contributed by atoms with Crippen molar-refractivity contribution >= 4 is 44.5 Å². The number of halogens is 3. The van der Waals surface area contributed by atoms with Gasteiger partial charge in [0.15, 0.2) is 17.3 Å². The van der Waals surface area contributed by atoms with E-state index in [1.54, 1.807) is 44.3 Å². The van der Waals surface area contributed by atoms with Gasteiger partial charge < -0.3 is 9.80 Å². The summed E-state index contributed by atoms with van der Waals surface area (Å²) in [6.07, 6.45) is 3.40. The van der Waals surface area contributed by atoms with Crippen molar-refractivity contribution < 1.29 is 18.0 Å². The molecule has 1 aliphatic heterocycles. The third-order valence-electron chi connectivity index (χ3n) is 8.14. The molecule has 5 rings (SSSR count). The van der Waals surface area contributed by atoms with Crippen LogP contribution in [0.5, 0.6) is 0 Å². The van der Waals surface area contributed by atoms with E-state index >= 15 is 8.78 Å². The summed E-state index contributed by atoms with van der Waals surface area (Å²) in [6, 6.07) is 6.58. The number of hydrogen-bond donors (Lipinski definition) is 0. The molecule has 2 atom stereocenters. The maximum atomic E-state index is 16.3. The van der Waals surface area contributed by atoms with Crippen molar-refractivity contribution in [3.05, 3.63) is 93.2 Å². The van der Waals surface area contributed by atoms with E-state index in [0.717, 1.165) is 10.9 Å². The quantitative estimate of drug-likeness (QED) is 0.238. The maximum Gasteiger partial charge on any atom is 0.355 e. The Kier molecular flexibility index (Phi) is 8.97. The lowest BCUT2D eigenvalue weighted by Gasteiger charge is -2.45. The summed E-state index contributed by atoms with van der Waals surface area (Å²) in [4.78, 5) is 43.5. The van der Waals surface area contributed by atoms with E-state index in [1.807, 2.05) is 41.4 Å². The molecule has 4 aromatic rings. The Morgan fingerprint density at radius 1 is 1.09 bits per heavy atom. The average molecular weight is 626 g/mol. The van der Waals surface area contributed by atoms with Crippen LogP contribution in [0.25, 0.3) is 34.1 Å². The van der Waals surface area contributed by atoms with E-state index < -0.39 is 41.1 Å². The van der Waals surface area contributed by atoms with Gasteiger partial charge in [0.2, 0.25) is 0 Å². The van der Waals surface area contributed by atoms with Crippen LogP contribution in [-0.2, 0) is 4.79 Å². The number of pyridine rings is 2. The Morgan fingerprint density at radius 2 is 1.76 bits per heavy atom. The highest BCUT2D eigenvalue weighted by molar-refractivity contribution is 6.50. The van der Waals surface area contributed by atoms with Gasteiger partial charge >= 0.3 is 5.69 Å². The molecular formula is C33H35B2F3N6O2. The minimum absolute atomic E-state index is 0.0345. The highest BCUT2D eigenvalue weighted by Crippen LogP contribution is 2.36. The molecule has 0 bridgehead atoms. The summed E-state index contributed by atoms with van der Waals surface area (Å²) in [6.45, 7) is 12.7. The molecule has 13 heteroatoms. The zero-order chi connectivity index (χ0) is 33.6. The summed E-state index contributed by atoms with van der Waals surface area (Å²) in [7, 11) is 3.71. The molecule has 8 nitrogen and oxygen atoms in total. The van der Waals surface area contributed by atoms with Crippen LogP contribution in [-0.4, -0.2) is 71.2 Å². The second-order valence-electron chi connectivity index (χ2n) is 12.4. The van der Waals surface area contributed by atoms with E-state index in [-0.39, 0.29) is 47.1 Å². The Labute approximate surface area is 267 Å². The first-order chi connectivity index (χ1) is 21.7. The van der Waals surface area contributed by atoms with Gasteiger partial charge in [0.1, 0.15) is 33.0 Å². The molecular weight excluding hydrogens is 591 g/mol. The number of carbonyl (C=O) groups excluding carboxylic acids is 1. The van der Waals surface area contributed by atoms with Crippen molar-refractivity contribution in [1.82, 2.24) is 24.4 Å². The molecule has 1 aliphatic rings. The highest BCUT2D eigenvalue weighted by atomic mass is 19.1. The summed E-state index contributed by atoms with van der Waals surface area (Å²) in [5, 5.41) is 1.09. The molecule has 46 heavy (non-hydrogen) atoms. The van der Waals surface area contributed by atoms with Crippen LogP contribution in [0.15, 0.2) is 59.1 Å².